The van der Waals surface area contributed by atoms with Gasteiger partial charge in [-0.2, -0.15) is 9.78 Å². The van der Waals surface area contributed by atoms with Gasteiger partial charge in [0, 0.05) is 5.39 Å². The molecular formula is C16H17N3O4. The fraction of sp³-hybridized carbons (Fsp3) is 0.375. The maximum atomic E-state index is 12.2. The molecule has 0 N–H and O–H groups in total. The van der Waals surface area contributed by atoms with E-state index < -0.39 is 11.7 Å². The molecule has 1 saturated heterocycles. The van der Waals surface area contributed by atoms with Gasteiger partial charge in [0.2, 0.25) is 5.91 Å². The van der Waals surface area contributed by atoms with Crippen molar-refractivity contribution in [1.82, 2.24) is 9.78 Å². The molecule has 1 aliphatic rings. The molecule has 1 aliphatic heterocycles. The van der Waals surface area contributed by atoms with Crippen molar-refractivity contribution < 1.29 is 19.1 Å². The van der Waals surface area contributed by atoms with E-state index in [1.54, 1.807) is 39.0 Å². The summed E-state index contributed by atoms with van der Waals surface area (Å²) in [4.78, 5) is 37.1. The molecule has 0 radical (unpaired) electrons. The van der Waals surface area contributed by atoms with Crippen molar-refractivity contribution in [3.05, 3.63) is 24.4 Å². The van der Waals surface area contributed by atoms with Gasteiger partial charge >= 0.3 is 6.09 Å². The van der Waals surface area contributed by atoms with Gasteiger partial charge in [-0.05, 0) is 32.9 Å². The number of nitrogens with zero attached hydrogens (tertiary/aromatic N) is 3. The van der Waals surface area contributed by atoms with E-state index in [9.17, 15) is 14.4 Å². The molecule has 23 heavy (non-hydrogen) atoms. The minimum absolute atomic E-state index is 0.0512. The summed E-state index contributed by atoms with van der Waals surface area (Å²) in [6.07, 6.45) is 0.829. The van der Waals surface area contributed by atoms with Crippen LogP contribution >= 0.6 is 0 Å². The molecule has 0 atom stereocenters. The maximum Gasteiger partial charge on any atom is 0.435 e. The van der Waals surface area contributed by atoms with Crippen LogP contribution in [0, 0.1) is 0 Å². The second kappa shape index (κ2) is 5.19. The zero-order valence-electron chi connectivity index (χ0n) is 13.2. The molecule has 0 aliphatic carbocycles. The van der Waals surface area contributed by atoms with Crippen molar-refractivity contribution in [1.29, 1.82) is 0 Å². The van der Waals surface area contributed by atoms with Crippen LogP contribution in [0.25, 0.3) is 10.9 Å². The number of benzene rings is 1. The number of ketones is 1. The molecule has 2 heterocycles. The smallest absolute Gasteiger partial charge is 0.435 e. The summed E-state index contributed by atoms with van der Waals surface area (Å²) in [5, 5.41) is 4.70. The predicted octanol–water partition coefficient (Wildman–Crippen LogP) is 2.13. The Labute approximate surface area is 132 Å². The van der Waals surface area contributed by atoms with Crippen LogP contribution < -0.4 is 4.90 Å². The van der Waals surface area contributed by atoms with Gasteiger partial charge in [0.1, 0.15) is 5.60 Å². The maximum absolute atomic E-state index is 12.2. The van der Waals surface area contributed by atoms with Crippen LogP contribution in [0.1, 0.15) is 27.2 Å². The van der Waals surface area contributed by atoms with E-state index in [0.29, 0.717) is 16.6 Å². The normalized spacial score (nSPS) is 15.5. The molecule has 1 aromatic heterocycles. The highest BCUT2D eigenvalue weighted by molar-refractivity contribution is 6.17. The second-order valence-corrected chi connectivity index (χ2v) is 6.44. The fourth-order valence-electron chi connectivity index (χ4n) is 2.53. The van der Waals surface area contributed by atoms with E-state index >= 15 is 0 Å². The van der Waals surface area contributed by atoms with Gasteiger partial charge in [-0.1, -0.05) is 6.07 Å². The third-order valence-corrected chi connectivity index (χ3v) is 3.43. The minimum Gasteiger partial charge on any atom is -0.442 e. The summed E-state index contributed by atoms with van der Waals surface area (Å²) in [6, 6.07) is 5.17. The molecule has 2 aromatic rings. The van der Waals surface area contributed by atoms with Crippen molar-refractivity contribution in [2.24, 2.45) is 0 Å². The Bertz CT molecular complexity index is 816. The summed E-state index contributed by atoms with van der Waals surface area (Å²) in [6.45, 7) is 5.37. The number of anilines is 1. The molecule has 1 fully saturated rings. The first kappa shape index (κ1) is 15.2. The quantitative estimate of drug-likeness (QED) is 0.753. The number of rotatable bonds is 1. The zero-order valence-corrected chi connectivity index (χ0v) is 13.2. The number of carbonyl (C=O) groups excluding carboxylic acids is 3. The van der Waals surface area contributed by atoms with Gasteiger partial charge in [-0.15, -0.1) is 0 Å². The molecule has 0 spiro atoms. The third kappa shape index (κ3) is 2.81. The lowest BCUT2D eigenvalue weighted by atomic mass is 10.2. The molecular weight excluding hydrogens is 298 g/mol. The number of carbonyl (C=O) groups is 3. The minimum atomic E-state index is -0.635. The average Bonchev–Trinajstić information content (AvgIpc) is 2.99. The first-order valence-electron chi connectivity index (χ1n) is 7.28. The van der Waals surface area contributed by atoms with Crippen LogP contribution in [0.2, 0.25) is 0 Å². The Morgan fingerprint density at radius 1 is 1.26 bits per heavy atom. The molecule has 0 saturated carbocycles. The van der Waals surface area contributed by atoms with E-state index in [4.69, 9.17) is 4.74 Å². The number of Topliss-reactive ketones (excluding diaryl/α,β-unsaturated/α-hetero) is 1. The highest BCUT2D eigenvalue weighted by Crippen LogP contribution is 2.29. The summed E-state index contributed by atoms with van der Waals surface area (Å²) in [5.74, 6) is -0.362. The largest absolute Gasteiger partial charge is 0.442 e. The zero-order chi connectivity index (χ0) is 16.8. The summed E-state index contributed by atoms with van der Waals surface area (Å²) in [7, 11) is 0. The van der Waals surface area contributed by atoms with Crippen molar-refractivity contribution in [2.75, 3.05) is 11.4 Å². The monoisotopic (exact) mass is 315 g/mol. The molecule has 0 unspecified atom stereocenters. The van der Waals surface area contributed by atoms with E-state index in [2.05, 4.69) is 5.10 Å². The molecule has 7 heteroatoms. The Morgan fingerprint density at radius 3 is 2.61 bits per heavy atom. The van der Waals surface area contributed by atoms with Gasteiger partial charge in [0.15, 0.2) is 5.78 Å². The molecule has 3 rings (SSSR count). The topological polar surface area (TPSA) is 81.5 Å². The van der Waals surface area contributed by atoms with Gasteiger partial charge < -0.3 is 9.64 Å². The molecule has 0 bridgehead atoms. The van der Waals surface area contributed by atoms with Crippen LogP contribution in [0.3, 0.4) is 0 Å². The Hall–Kier alpha value is -2.70. The first-order chi connectivity index (χ1) is 10.8. The second-order valence-electron chi connectivity index (χ2n) is 6.44. The molecule has 1 aromatic carbocycles. The number of ether oxygens (including phenoxy) is 1. The number of aromatic nitrogens is 2. The highest BCUT2D eigenvalue weighted by Gasteiger charge is 2.30. The summed E-state index contributed by atoms with van der Waals surface area (Å²) < 4.78 is 6.48. The Balaban J connectivity index is 2.03. The van der Waals surface area contributed by atoms with Crippen LogP contribution in [0.4, 0.5) is 10.5 Å². The Kier molecular flexibility index (Phi) is 3.43. The first-order valence-corrected chi connectivity index (χ1v) is 7.28. The van der Waals surface area contributed by atoms with E-state index in [0.717, 1.165) is 4.68 Å². The van der Waals surface area contributed by atoms with E-state index in [-0.39, 0.29) is 24.7 Å². The van der Waals surface area contributed by atoms with Gasteiger partial charge in [0.05, 0.1) is 30.4 Å². The van der Waals surface area contributed by atoms with Crippen molar-refractivity contribution in [2.45, 2.75) is 32.8 Å². The van der Waals surface area contributed by atoms with Crippen LogP contribution in [0.15, 0.2) is 24.4 Å². The van der Waals surface area contributed by atoms with E-state index in [1.807, 2.05) is 0 Å². The molecule has 7 nitrogen and oxygen atoms in total. The van der Waals surface area contributed by atoms with Gasteiger partial charge in [-0.3, -0.25) is 9.59 Å². The van der Waals surface area contributed by atoms with Gasteiger partial charge in [-0.25, -0.2) is 4.79 Å². The SMILES string of the molecule is CC(C)(C)OC(=O)n1ncc2c(N3CC(=O)CC3=O)cccc21. The number of hydrogen-bond donors (Lipinski definition) is 0. The standard InChI is InChI=1S/C16H17N3O4/c1-16(2,3)23-15(22)19-13-6-4-5-12(11(13)8-17-19)18-9-10(20)7-14(18)21/h4-6,8H,7,9H2,1-3H3. The predicted molar refractivity (Wildman–Crippen MR) is 83.3 cm³/mol. The van der Waals surface area contributed by atoms with Crippen molar-refractivity contribution in [3.63, 3.8) is 0 Å². The van der Waals surface area contributed by atoms with Crippen LogP contribution in [0.5, 0.6) is 0 Å². The van der Waals surface area contributed by atoms with Crippen LogP contribution in [-0.4, -0.2) is 39.7 Å². The van der Waals surface area contributed by atoms with Gasteiger partial charge in [0.25, 0.3) is 0 Å². The Morgan fingerprint density at radius 2 is 2.00 bits per heavy atom. The van der Waals surface area contributed by atoms with E-state index in [1.165, 1.54) is 11.1 Å². The third-order valence-electron chi connectivity index (χ3n) is 3.43. The summed E-state index contributed by atoms with van der Waals surface area (Å²) in [5.41, 5.74) is 0.474. The lowest BCUT2D eigenvalue weighted by Crippen LogP contribution is -2.27. The van der Waals surface area contributed by atoms with Crippen LogP contribution in [-0.2, 0) is 14.3 Å². The fourth-order valence-corrected chi connectivity index (χ4v) is 2.53. The lowest BCUT2D eigenvalue weighted by Gasteiger charge is -2.19. The molecule has 1 amide bonds. The number of fused-ring (bicyclic) bond motifs is 1. The van der Waals surface area contributed by atoms with Crippen molar-refractivity contribution in [3.8, 4) is 0 Å². The highest BCUT2D eigenvalue weighted by atomic mass is 16.6. The van der Waals surface area contributed by atoms with Crippen molar-refractivity contribution >= 4 is 34.4 Å². The summed E-state index contributed by atoms with van der Waals surface area (Å²) >= 11 is 0. The lowest BCUT2D eigenvalue weighted by molar-refractivity contribution is -0.121. The average molecular weight is 315 g/mol. The molecule has 120 valence electrons. The number of amides is 1. The number of hydrogen-bond acceptors (Lipinski definition) is 5.